The Morgan fingerprint density at radius 2 is 2.11 bits per heavy atom. The molecule has 1 saturated heterocycles. The summed E-state index contributed by atoms with van der Waals surface area (Å²) in [6.45, 7) is 1.98. The molecule has 5 nitrogen and oxygen atoms in total. The Kier molecular flexibility index (Phi) is 3.74. The summed E-state index contributed by atoms with van der Waals surface area (Å²) in [5.74, 6) is -0.153. The molecule has 1 atom stereocenters. The van der Waals surface area contributed by atoms with Crippen LogP contribution in [0.3, 0.4) is 0 Å². The first-order chi connectivity index (χ1) is 9.02. The van der Waals surface area contributed by atoms with Crippen molar-refractivity contribution >= 4 is 23.2 Å². The van der Waals surface area contributed by atoms with Gasteiger partial charge < -0.3 is 15.1 Å². The number of anilines is 2. The smallest absolute Gasteiger partial charge is 0.250 e. The van der Waals surface area contributed by atoms with Crippen molar-refractivity contribution in [2.24, 2.45) is 0 Å². The fourth-order valence-electron chi connectivity index (χ4n) is 2.15. The first-order valence-electron chi connectivity index (χ1n) is 6.41. The highest BCUT2D eigenvalue weighted by atomic mass is 16.2. The van der Waals surface area contributed by atoms with E-state index in [2.05, 4.69) is 5.32 Å². The van der Waals surface area contributed by atoms with Gasteiger partial charge in [0.25, 0.3) is 0 Å². The highest BCUT2D eigenvalue weighted by Gasteiger charge is 2.32. The molecule has 1 unspecified atom stereocenters. The first-order valence-corrected chi connectivity index (χ1v) is 6.41. The average Bonchev–Trinajstić information content (AvgIpc) is 2.41. The third kappa shape index (κ3) is 2.70. The van der Waals surface area contributed by atoms with E-state index in [0.717, 1.165) is 11.4 Å². The zero-order valence-electron chi connectivity index (χ0n) is 11.5. The minimum absolute atomic E-state index is 0.0435. The van der Waals surface area contributed by atoms with Crippen molar-refractivity contribution < 1.29 is 9.59 Å². The molecule has 1 aliphatic heterocycles. The maximum atomic E-state index is 12.3. The summed E-state index contributed by atoms with van der Waals surface area (Å²) in [5.41, 5.74) is 1.77. The molecule has 1 N–H and O–H groups in total. The summed E-state index contributed by atoms with van der Waals surface area (Å²) in [6, 6.07) is 7.23. The fraction of sp³-hybridized carbons (Fsp3) is 0.429. The van der Waals surface area contributed by atoms with Crippen molar-refractivity contribution in [3.63, 3.8) is 0 Å². The molecule has 1 aliphatic rings. The number of carbonyl (C=O) groups is 2. The highest BCUT2D eigenvalue weighted by molar-refractivity contribution is 6.06. The Morgan fingerprint density at radius 1 is 1.37 bits per heavy atom. The van der Waals surface area contributed by atoms with Crippen molar-refractivity contribution in [1.29, 1.82) is 0 Å². The zero-order chi connectivity index (χ0) is 14.0. The summed E-state index contributed by atoms with van der Waals surface area (Å²) in [7, 11) is 3.89. The molecule has 0 radical (unpaired) electrons. The van der Waals surface area contributed by atoms with Crippen LogP contribution in [0.4, 0.5) is 11.4 Å². The second-order valence-corrected chi connectivity index (χ2v) is 4.87. The van der Waals surface area contributed by atoms with Crippen LogP contribution in [0.2, 0.25) is 0 Å². The predicted octanol–water partition coefficient (Wildman–Crippen LogP) is 0.994. The number of hydrogen-bond acceptors (Lipinski definition) is 3. The average molecular weight is 261 g/mol. The number of benzene rings is 1. The Hall–Kier alpha value is -2.04. The lowest BCUT2D eigenvalue weighted by molar-refractivity contribution is -0.131. The van der Waals surface area contributed by atoms with Gasteiger partial charge in [-0.05, 0) is 24.6 Å². The van der Waals surface area contributed by atoms with E-state index in [4.69, 9.17) is 0 Å². The molecule has 5 heteroatoms. The number of amides is 2. The molecule has 0 saturated carbocycles. The van der Waals surface area contributed by atoms with Gasteiger partial charge in [-0.15, -0.1) is 0 Å². The van der Waals surface area contributed by atoms with Gasteiger partial charge in [0.1, 0.15) is 12.6 Å². The molecule has 1 aromatic carbocycles. The van der Waals surface area contributed by atoms with Gasteiger partial charge in [0, 0.05) is 25.5 Å². The normalized spacial score (nSPS) is 19.3. The van der Waals surface area contributed by atoms with Crippen LogP contribution in [-0.4, -0.2) is 38.5 Å². The van der Waals surface area contributed by atoms with E-state index in [0.29, 0.717) is 6.42 Å². The van der Waals surface area contributed by atoms with Crippen molar-refractivity contribution in [3.05, 3.63) is 24.3 Å². The molecule has 19 heavy (non-hydrogen) atoms. The first kappa shape index (κ1) is 13.4. The Balaban J connectivity index is 2.31. The molecule has 102 valence electrons. The van der Waals surface area contributed by atoms with Crippen LogP contribution >= 0.6 is 0 Å². The van der Waals surface area contributed by atoms with E-state index in [1.807, 2.05) is 50.2 Å². The Bertz CT molecular complexity index is 499. The van der Waals surface area contributed by atoms with Crippen LogP contribution in [0.15, 0.2) is 24.3 Å². The summed E-state index contributed by atoms with van der Waals surface area (Å²) < 4.78 is 0. The van der Waals surface area contributed by atoms with Crippen LogP contribution in [0.5, 0.6) is 0 Å². The van der Waals surface area contributed by atoms with Gasteiger partial charge in [-0.25, -0.2) is 0 Å². The second kappa shape index (κ2) is 5.30. The van der Waals surface area contributed by atoms with Gasteiger partial charge in [0.05, 0.1) is 0 Å². The molecular formula is C14H19N3O2. The van der Waals surface area contributed by atoms with E-state index in [1.54, 1.807) is 4.90 Å². The molecule has 2 rings (SSSR count). The quantitative estimate of drug-likeness (QED) is 0.883. The van der Waals surface area contributed by atoms with Gasteiger partial charge in [0.2, 0.25) is 11.8 Å². The van der Waals surface area contributed by atoms with Crippen molar-refractivity contribution in [2.45, 2.75) is 19.4 Å². The molecule has 1 heterocycles. The van der Waals surface area contributed by atoms with Crippen LogP contribution in [0.1, 0.15) is 13.3 Å². The summed E-state index contributed by atoms with van der Waals surface area (Å²) >= 11 is 0. The number of nitrogens with one attached hydrogen (secondary N) is 1. The molecule has 0 bridgehead atoms. The minimum Gasteiger partial charge on any atom is -0.378 e. The SMILES string of the molecule is CCC1NC(=O)CN(c2cccc(N(C)C)c2)C1=O. The van der Waals surface area contributed by atoms with E-state index in [9.17, 15) is 9.59 Å². The fourth-order valence-corrected chi connectivity index (χ4v) is 2.15. The molecular weight excluding hydrogens is 242 g/mol. The van der Waals surface area contributed by atoms with E-state index < -0.39 is 6.04 Å². The molecule has 1 fully saturated rings. The van der Waals surface area contributed by atoms with E-state index in [-0.39, 0.29) is 18.4 Å². The number of nitrogens with zero attached hydrogens (tertiary/aromatic N) is 2. The lowest BCUT2D eigenvalue weighted by Crippen LogP contribution is -2.58. The molecule has 0 spiro atoms. The summed E-state index contributed by atoms with van der Waals surface area (Å²) in [4.78, 5) is 27.5. The highest BCUT2D eigenvalue weighted by Crippen LogP contribution is 2.23. The third-order valence-corrected chi connectivity index (χ3v) is 3.27. The number of hydrogen-bond donors (Lipinski definition) is 1. The van der Waals surface area contributed by atoms with E-state index >= 15 is 0 Å². The number of piperazine rings is 1. The minimum atomic E-state index is -0.413. The largest absolute Gasteiger partial charge is 0.378 e. The standard InChI is InChI=1S/C14H19N3O2/c1-4-12-14(19)17(9-13(18)15-12)11-7-5-6-10(8-11)16(2)3/h5-8,12H,4,9H2,1-3H3,(H,15,18). The molecule has 2 amide bonds. The predicted molar refractivity (Wildman–Crippen MR) is 75.3 cm³/mol. The van der Waals surface area contributed by atoms with Gasteiger partial charge in [0.15, 0.2) is 0 Å². The summed E-state index contributed by atoms with van der Waals surface area (Å²) in [5, 5.41) is 2.71. The van der Waals surface area contributed by atoms with Gasteiger partial charge in [-0.3, -0.25) is 9.59 Å². The van der Waals surface area contributed by atoms with Crippen LogP contribution in [0.25, 0.3) is 0 Å². The van der Waals surface area contributed by atoms with Crippen LogP contribution in [0, 0.1) is 0 Å². The maximum absolute atomic E-state index is 12.3. The zero-order valence-corrected chi connectivity index (χ0v) is 11.5. The Morgan fingerprint density at radius 3 is 2.74 bits per heavy atom. The van der Waals surface area contributed by atoms with Gasteiger partial charge >= 0.3 is 0 Å². The topological polar surface area (TPSA) is 52.7 Å². The van der Waals surface area contributed by atoms with Crippen LogP contribution in [-0.2, 0) is 9.59 Å². The third-order valence-electron chi connectivity index (χ3n) is 3.27. The number of rotatable bonds is 3. The molecule has 1 aromatic rings. The molecule has 0 aliphatic carbocycles. The van der Waals surface area contributed by atoms with Crippen LogP contribution < -0.4 is 15.1 Å². The van der Waals surface area contributed by atoms with Crippen molar-refractivity contribution in [2.75, 3.05) is 30.4 Å². The summed E-state index contributed by atoms with van der Waals surface area (Å²) in [6.07, 6.45) is 0.606. The number of carbonyl (C=O) groups excluding carboxylic acids is 2. The lowest BCUT2D eigenvalue weighted by atomic mass is 10.1. The van der Waals surface area contributed by atoms with Gasteiger partial charge in [-0.2, -0.15) is 0 Å². The molecule has 0 aromatic heterocycles. The maximum Gasteiger partial charge on any atom is 0.250 e. The van der Waals surface area contributed by atoms with Gasteiger partial charge in [-0.1, -0.05) is 13.0 Å². The van der Waals surface area contributed by atoms with E-state index in [1.165, 1.54) is 0 Å². The lowest BCUT2D eigenvalue weighted by Gasteiger charge is -2.32. The van der Waals surface area contributed by atoms with Crippen molar-refractivity contribution in [3.8, 4) is 0 Å². The monoisotopic (exact) mass is 261 g/mol. The second-order valence-electron chi connectivity index (χ2n) is 4.87. The Labute approximate surface area is 113 Å². The van der Waals surface area contributed by atoms with Crippen molar-refractivity contribution in [1.82, 2.24) is 5.32 Å².